The van der Waals surface area contributed by atoms with Crippen LogP contribution in [0.1, 0.15) is 38.9 Å². The van der Waals surface area contributed by atoms with Crippen molar-refractivity contribution in [1.82, 2.24) is 0 Å². The van der Waals surface area contributed by atoms with E-state index < -0.39 is 23.8 Å². The molecular weight excluding hydrogens is 396 g/mol. The highest BCUT2D eigenvalue weighted by molar-refractivity contribution is 9.10. The highest BCUT2D eigenvalue weighted by atomic mass is 79.9. The molecule has 1 N–H and O–H groups in total. The standard InChI is InChI=1S/C21H25BrO4/c1-5-25-20(23)19-21(24)13(4)10-11-14(12(2)3)17(21)18(26-19)15-8-6-7-9-16(15)22/h6-10,14,17-19,24H,2,5,11H2,1,3-4H3/t14-,17+,18+,19-,21-/m1/s1. The average molecular weight is 421 g/mol. The van der Waals surface area contributed by atoms with Gasteiger partial charge in [0.15, 0.2) is 6.10 Å². The van der Waals surface area contributed by atoms with Crippen molar-refractivity contribution >= 4 is 21.9 Å². The smallest absolute Gasteiger partial charge is 0.338 e. The maximum Gasteiger partial charge on any atom is 0.338 e. The van der Waals surface area contributed by atoms with Gasteiger partial charge in [-0.25, -0.2) is 4.79 Å². The first-order valence-corrected chi connectivity index (χ1v) is 9.73. The SMILES string of the molecule is C=C(C)[C@H]1CC=C(C)[C@@]2(O)[C@@H]1[C@H](c1ccccc1Br)O[C@@H]2C(=O)OCC. The van der Waals surface area contributed by atoms with Crippen LogP contribution < -0.4 is 0 Å². The molecule has 1 fully saturated rings. The minimum Gasteiger partial charge on any atom is -0.464 e. The van der Waals surface area contributed by atoms with Crippen molar-refractivity contribution in [2.45, 2.75) is 45.0 Å². The number of carbonyl (C=O) groups is 1. The summed E-state index contributed by atoms with van der Waals surface area (Å²) < 4.78 is 12.3. The minimum atomic E-state index is -1.41. The highest BCUT2D eigenvalue weighted by Crippen LogP contribution is 2.57. The van der Waals surface area contributed by atoms with E-state index in [-0.39, 0.29) is 18.4 Å². The van der Waals surface area contributed by atoms with Gasteiger partial charge in [0.1, 0.15) is 5.60 Å². The molecule has 26 heavy (non-hydrogen) atoms. The van der Waals surface area contributed by atoms with E-state index in [4.69, 9.17) is 9.47 Å². The third-order valence-electron chi connectivity index (χ3n) is 5.61. The Bertz CT molecular complexity index is 756. The van der Waals surface area contributed by atoms with Gasteiger partial charge in [0.05, 0.1) is 12.7 Å². The first kappa shape index (κ1) is 19.3. The molecule has 0 amide bonds. The molecule has 1 aromatic carbocycles. The first-order valence-electron chi connectivity index (χ1n) is 8.93. The molecule has 0 radical (unpaired) electrons. The minimum absolute atomic E-state index is 0.0141. The Labute approximate surface area is 163 Å². The van der Waals surface area contributed by atoms with Gasteiger partial charge in [0.25, 0.3) is 0 Å². The van der Waals surface area contributed by atoms with Gasteiger partial charge < -0.3 is 14.6 Å². The van der Waals surface area contributed by atoms with E-state index in [1.807, 2.05) is 44.2 Å². The van der Waals surface area contributed by atoms with Crippen molar-refractivity contribution in [2.24, 2.45) is 11.8 Å². The molecule has 1 aromatic rings. The van der Waals surface area contributed by atoms with E-state index in [0.29, 0.717) is 0 Å². The molecule has 1 saturated heterocycles. The Hall–Kier alpha value is -1.43. The lowest BCUT2D eigenvalue weighted by Gasteiger charge is -2.42. The lowest BCUT2D eigenvalue weighted by molar-refractivity contribution is -0.164. The molecular formula is C21H25BrO4. The van der Waals surface area contributed by atoms with Gasteiger partial charge in [0, 0.05) is 10.4 Å². The van der Waals surface area contributed by atoms with Crippen LogP contribution in [0, 0.1) is 11.8 Å². The number of fused-ring (bicyclic) bond motifs is 1. The van der Waals surface area contributed by atoms with Crippen LogP contribution in [0.15, 0.2) is 52.5 Å². The number of carbonyl (C=O) groups excluding carboxylic acids is 1. The van der Waals surface area contributed by atoms with Crippen LogP contribution in [0.4, 0.5) is 0 Å². The average Bonchev–Trinajstić information content (AvgIpc) is 2.91. The van der Waals surface area contributed by atoms with E-state index in [0.717, 1.165) is 27.6 Å². The summed E-state index contributed by atoms with van der Waals surface area (Å²) in [5.41, 5.74) is 1.24. The number of allylic oxidation sites excluding steroid dienone is 2. The number of esters is 1. The molecule has 2 aliphatic rings. The Kier molecular flexibility index (Phi) is 5.42. The Balaban J connectivity index is 2.15. The van der Waals surface area contributed by atoms with E-state index in [9.17, 15) is 9.90 Å². The Morgan fingerprint density at radius 3 is 2.77 bits per heavy atom. The van der Waals surface area contributed by atoms with Gasteiger partial charge in [-0.3, -0.25) is 0 Å². The number of rotatable bonds is 4. The van der Waals surface area contributed by atoms with Crippen molar-refractivity contribution in [3.63, 3.8) is 0 Å². The molecule has 1 heterocycles. The molecule has 0 bridgehead atoms. The predicted octanol–water partition coefficient (Wildman–Crippen LogP) is 4.34. The van der Waals surface area contributed by atoms with Crippen LogP contribution in [0.2, 0.25) is 0 Å². The van der Waals surface area contributed by atoms with Crippen LogP contribution in [-0.2, 0) is 14.3 Å². The second kappa shape index (κ2) is 7.29. The summed E-state index contributed by atoms with van der Waals surface area (Å²) in [6.07, 6.45) is 1.28. The van der Waals surface area contributed by atoms with Crippen molar-refractivity contribution in [3.05, 3.63) is 58.1 Å². The zero-order chi connectivity index (χ0) is 19.1. The topological polar surface area (TPSA) is 55.8 Å². The second-order valence-corrected chi connectivity index (χ2v) is 7.99. The highest BCUT2D eigenvalue weighted by Gasteiger charge is 2.63. The lowest BCUT2D eigenvalue weighted by atomic mass is 9.63. The Morgan fingerprint density at radius 1 is 1.46 bits per heavy atom. The van der Waals surface area contributed by atoms with E-state index in [1.54, 1.807) is 6.92 Å². The fraction of sp³-hybridized carbons (Fsp3) is 0.476. The third kappa shape index (κ3) is 2.96. The van der Waals surface area contributed by atoms with Crippen molar-refractivity contribution in [2.75, 3.05) is 6.61 Å². The van der Waals surface area contributed by atoms with Crippen molar-refractivity contribution in [1.29, 1.82) is 0 Å². The molecule has 1 aliphatic carbocycles. The Morgan fingerprint density at radius 2 is 2.15 bits per heavy atom. The molecule has 0 aromatic heterocycles. The quantitative estimate of drug-likeness (QED) is 0.581. The van der Waals surface area contributed by atoms with Crippen LogP contribution >= 0.6 is 15.9 Å². The predicted molar refractivity (Wildman–Crippen MR) is 104 cm³/mol. The number of aliphatic hydroxyl groups is 1. The van der Waals surface area contributed by atoms with E-state index in [2.05, 4.69) is 22.5 Å². The maximum atomic E-state index is 12.6. The van der Waals surface area contributed by atoms with E-state index >= 15 is 0 Å². The number of benzene rings is 1. The van der Waals surface area contributed by atoms with Crippen molar-refractivity contribution in [3.8, 4) is 0 Å². The monoisotopic (exact) mass is 420 g/mol. The second-order valence-electron chi connectivity index (χ2n) is 7.14. The zero-order valence-electron chi connectivity index (χ0n) is 15.4. The van der Waals surface area contributed by atoms with Crippen LogP contribution in [0.3, 0.4) is 0 Å². The van der Waals surface area contributed by atoms with Crippen LogP contribution in [0.25, 0.3) is 0 Å². The van der Waals surface area contributed by atoms with Gasteiger partial charge in [0.2, 0.25) is 0 Å². The number of halogens is 1. The molecule has 0 saturated carbocycles. The summed E-state index contributed by atoms with van der Waals surface area (Å²) in [6, 6.07) is 7.77. The van der Waals surface area contributed by atoms with Gasteiger partial charge in [-0.1, -0.05) is 52.4 Å². The van der Waals surface area contributed by atoms with Gasteiger partial charge in [-0.2, -0.15) is 0 Å². The third-order valence-corrected chi connectivity index (χ3v) is 6.33. The fourth-order valence-electron chi connectivity index (χ4n) is 4.28. The lowest BCUT2D eigenvalue weighted by Crippen LogP contribution is -2.53. The normalized spacial score (nSPS) is 33.3. The molecule has 1 aliphatic heterocycles. The summed E-state index contributed by atoms with van der Waals surface area (Å²) in [5, 5.41) is 11.7. The first-order chi connectivity index (χ1) is 12.3. The zero-order valence-corrected chi connectivity index (χ0v) is 17.0. The largest absolute Gasteiger partial charge is 0.464 e. The van der Waals surface area contributed by atoms with Gasteiger partial charge in [-0.05, 0) is 50.3 Å². The summed E-state index contributed by atoms with van der Waals surface area (Å²) in [6.45, 7) is 9.95. The molecule has 0 unspecified atom stereocenters. The summed E-state index contributed by atoms with van der Waals surface area (Å²) in [4.78, 5) is 12.6. The van der Waals surface area contributed by atoms with E-state index in [1.165, 1.54) is 0 Å². The summed E-state index contributed by atoms with van der Waals surface area (Å²) in [7, 11) is 0. The van der Waals surface area contributed by atoms with Crippen LogP contribution in [-0.4, -0.2) is 29.4 Å². The molecule has 5 heteroatoms. The number of hydrogen-bond donors (Lipinski definition) is 1. The van der Waals surface area contributed by atoms with Gasteiger partial charge in [-0.15, -0.1) is 0 Å². The fourth-order valence-corrected chi connectivity index (χ4v) is 4.79. The summed E-state index contributed by atoms with van der Waals surface area (Å²) >= 11 is 3.59. The molecule has 140 valence electrons. The molecule has 3 rings (SSSR count). The maximum absolute atomic E-state index is 12.6. The van der Waals surface area contributed by atoms with Crippen LogP contribution in [0.5, 0.6) is 0 Å². The molecule has 5 atom stereocenters. The van der Waals surface area contributed by atoms with Gasteiger partial charge >= 0.3 is 5.97 Å². The molecule has 0 spiro atoms. The number of ether oxygens (including phenoxy) is 2. The number of hydrogen-bond acceptors (Lipinski definition) is 4. The molecule has 4 nitrogen and oxygen atoms in total. The summed E-state index contributed by atoms with van der Waals surface area (Å²) in [5.74, 6) is -0.817. The van der Waals surface area contributed by atoms with Crippen molar-refractivity contribution < 1.29 is 19.4 Å².